The second-order valence-corrected chi connectivity index (χ2v) is 9.58. The number of nitrogens with zero attached hydrogens (tertiary/aromatic N) is 1. The number of nitrogens with one attached hydrogen (secondary N) is 2. The molecule has 0 spiro atoms. The highest BCUT2D eigenvalue weighted by atomic mass is 16.6. The molecule has 0 heterocycles. The Morgan fingerprint density at radius 2 is 1.66 bits per heavy atom. The van der Waals surface area contributed by atoms with E-state index in [1.807, 2.05) is 27.7 Å². The molecule has 1 aromatic carbocycles. The lowest BCUT2D eigenvalue weighted by Crippen LogP contribution is -2.53. The topological polar surface area (TPSA) is 108 Å². The molecule has 2 atom stereocenters. The van der Waals surface area contributed by atoms with Gasteiger partial charge in [0.25, 0.3) is 0 Å². The summed E-state index contributed by atoms with van der Waals surface area (Å²) < 4.78 is 5.34. The summed E-state index contributed by atoms with van der Waals surface area (Å²) in [5.74, 6) is -0.801. The van der Waals surface area contributed by atoms with Crippen LogP contribution in [0.2, 0.25) is 0 Å². The lowest BCUT2D eigenvalue weighted by Gasteiger charge is -2.34. The van der Waals surface area contributed by atoms with Gasteiger partial charge in [-0.2, -0.15) is 0 Å². The Hall–Kier alpha value is -2.77. The molecular weight excluding hydrogens is 410 g/mol. The Morgan fingerprint density at radius 3 is 2.12 bits per heavy atom. The van der Waals surface area contributed by atoms with Gasteiger partial charge < -0.3 is 25.4 Å². The molecule has 8 nitrogen and oxygen atoms in total. The van der Waals surface area contributed by atoms with Gasteiger partial charge in [0, 0.05) is 18.2 Å². The maximum atomic E-state index is 13.6. The first kappa shape index (κ1) is 27.3. The third-order valence-corrected chi connectivity index (χ3v) is 4.54. The summed E-state index contributed by atoms with van der Waals surface area (Å²) in [6, 6.07) is 4.36. The van der Waals surface area contributed by atoms with Crippen molar-refractivity contribution in [3.05, 3.63) is 29.8 Å². The minimum Gasteiger partial charge on any atom is -0.508 e. The van der Waals surface area contributed by atoms with Crippen molar-refractivity contribution in [1.82, 2.24) is 15.5 Å². The van der Waals surface area contributed by atoms with E-state index in [2.05, 4.69) is 10.6 Å². The van der Waals surface area contributed by atoms with E-state index in [4.69, 9.17) is 4.74 Å². The molecule has 1 rings (SSSR count). The highest BCUT2D eigenvalue weighted by molar-refractivity contribution is 5.92. The number of phenolic OH excluding ortho intramolecular Hbond substituents is 1. The number of hydrogen-bond donors (Lipinski definition) is 3. The molecule has 32 heavy (non-hydrogen) atoms. The first-order valence-corrected chi connectivity index (χ1v) is 11.1. The van der Waals surface area contributed by atoms with Gasteiger partial charge in [-0.1, -0.05) is 32.0 Å². The van der Waals surface area contributed by atoms with Crippen LogP contribution in [0.25, 0.3) is 0 Å². The van der Waals surface area contributed by atoms with Gasteiger partial charge in [0.1, 0.15) is 23.4 Å². The van der Waals surface area contributed by atoms with Crippen LogP contribution in [0.3, 0.4) is 0 Å². The SMILES string of the molecule is CCN(C(=O)C(CC(C)C)NC(=O)OC(C)(C)C)C(C(=O)NC(C)C)c1ccccc1O. The number of hydrogen-bond acceptors (Lipinski definition) is 5. The largest absolute Gasteiger partial charge is 0.508 e. The Morgan fingerprint density at radius 1 is 1.06 bits per heavy atom. The molecule has 0 aliphatic carbocycles. The number of rotatable bonds is 9. The number of alkyl carbamates (subject to hydrolysis) is 1. The normalized spacial score (nSPS) is 13.4. The predicted octanol–water partition coefficient (Wildman–Crippen LogP) is 3.75. The zero-order valence-corrected chi connectivity index (χ0v) is 20.6. The number of carbonyl (C=O) groups excluding carboxylic acids is 3. The number of likely N-dealkylation sites (N-methyl/N-ethyl adjacent to an activating group) is 1. The van der Waals surface area contributed by atoms with Crippen molar-refractivity contribution in [2.75, 3.05) is 6.54 Å². The number of ether oxygens (including phenoxy) is 1. The third kappa shape index (κ3) is 8.40. The minimum atomic E-state index is -1.05. The van der Waals surface area contributed by atoms with Gasteiger partial charge in [-0.15, -0.1) is 0 Å². The van der Waals surface area contributed by atoms with E-state index in [0.29, 0.717) is 12.0 Å². The van der Waals surface area contributed by atoms with Crippen molar-refractivity contribution in [3.8, 4) is 5.75 Å². The monoisotopic (exact) mass is 449 g/mol. The molecule has 180 valence electrons. The van der Waals surface area contributed by atoms with Crippen molar-refractivity contribution in [2.45, 2.75) is 85.5 Å². The van der Waals surface area contributed by atoms with Gasteiger partial charge in [0.05, 0.1) is 0 Å². The summed E-state index contributed by atoms with van der Waals surface area (Å²) in [6.45, 7) is 14.7. The van der Waals surface area contributed by atoms with Gasteiger partial charge >= 0.3 is 6.09 Å². The van der Waals surface area contributed by atoms with E-state index in [9.17, 15) is 19.5 Å². The molecule has 2 unspecified atom stereocenters. The predicted molar refractivity (Wildman–Crippen MR) is 124 cm³/mol. The summed E-state index contributed by atoms with van der Waals surface area (Å²) in [6.07, 6.45) is -0.327. The molecule has 8 heteroatoms. The van der Waals surface area contributed by atoms with E-state index in [1.165, 1.54) is 11.0 Å². The van der Waals surface area contributed by atoms with Crippen LogP contribution < -0.4 is 10.6 Å². The van der Waals surface area contributed by atoms with Crippen molar-refractivity contribution in [2.24, 2.45) is 5.92 Å². The number of phenols is 1. The van der Waals surface area contributed by atoms with Crippen molar-refractivity contribution in [1.29, 1.82) is 0 Å². The van der Waals surface area contributed by atoms with Crippen LogP contribution in [-0.2, 0) is 14.3 Å². The summed E-state index contributed by atoms with van der Waals surface area (Å²) in [7, 11) is 0. The fourth-order valence-corrected chi connectivity index (χ4v) is 3.34. The van der Waals surface area contributed by atoms with E-state index in [1.54, 1.807) is 45.9 Å². The Kier molecular flexibility index (Phi) is 10.0. The molecule has 0 aliphatic rings. The smallest absolute Gasteiger partial charge is 0.408 e. The molecule has 0 aliphatic heterocycles. The Balaban J connectivity index is 3.35. The maximum Gasteiger partial charge on any atom is 0.408 e. The molecule has 3 N–H and O–H groups in total. The quantitative estimate of drug-likeness (QED) is 0.532. The molecule has 0 saturated heterocycles. The van der Waals surface area contributed by atoms with Crippen LogP contribution in [0.15, 0.2) is 24.3 Å². The fourth-order valence-electron chi connectivity index (χ4n) is 3.34. The second kappa shape index (κ2) is 11.7. The average Bonchev–Trinajstić information content (AvgIpc) is 2.63. The summed E-state index contributed by atoms with van der Waals surface area (Å²) in [5.41, 5.74) is -0.392. The number of benzene rings is 1. The van der Waals surface area contributed by atoms with Gasteiger partial charge in [-0.3, -0.25) is 9.59 Å². The number of aromatic hydroxyl groups is 1. The third-order valence-electron chi connectivity index (χ3n) is 4.54. The summed E-state index contributed by atoms with van der Waals surface area (Å²) in [5, 5.41) is 15.9. The van der Waals surface area contributed by atoms with E-state index in [-0.39, 0.29) is 24.3 Å². The standard InChI is InChI=1S/C24H39N3O5/c1-9-27(20(21(29)25-16(4)5)17-12-10-11-13-19(17)28)22(30)18(14-15(2)3)26-23(31)32-24(6,7)8/h10-13,15-16,18,20,28H,9,14H2,1-8H3,(H,25,29)(H,26,31). The van der Waals surface area contributed by atoms with Crippen LogP contribution in [0, 0.1) is 5.92 Å². The molecule has 3 amide bonds. The van der Waals surface area contributed by atoms with E-state index >= 15 is 0 Å². The Labute approximate surface area is 191 Å². The summed E-state index contributed by atoms with van der Waals surface area (Å²) >= 11 is 0. The van der Waals surface area contributed by atoms with Crippen molar-refractivity contribution >= 4 is 17.9 Å². The number of carbonyl (C=O) groups is 3. The zero-order valence-electron chi connectivity index (χ0n) is 20.6. The van der Waals surface area contributed by atoms with Crippen LogP contribution in [0.5, 0.6) is 5.75 Å². The molecule has 0 fully saturated rings. The zero-order chi connectivity index (χ0) is 24.6. The fraction of sp³-hybridized carbons (Fsp3) is 0.625. The molecule has 0 aromatic heterocycles. The highest BCUT2D eigenvalue weighted by Gasteiger charge is 2.37. The average molecular weight is 450 g/mol. The van der Waals surface area contributed by atoms with Crippen LogP contribution >= 0.6 is 0 Å². The van der Waals surface area contributed by atoms with Crippen molar-refractivity contribution < 1.29 is 24.2 Å². The van der Waals surface area contributed by atoms with E-state index in [0.717, 1.165) is 0 Å². The first-order chi connectivity index (χ1) is 14.8. The second-order valence-electron chi connectivity index (χ2n) is 9.58. The van der Waals surface area contributed by atoms with Gasteiger partial charge in [-0.25, -0.2) is 4.79 Å². The van der Waals surface area contributed by atoms with E-state index < -0.39 is 35.6 Å². The first-order valence-electron chi connectivity index (χ1n) is 11.1. The van der Waals surface area contributed by atoms with Crippen LogP contribution in [0.4, 0.5) is 4.79 Å². The lowest BCUT2D eigenvalue weighted by molar-refractivity contribution is -0.142. The lowest BCUT2D eigenvalue weighted by atomic mass is 9.98. The molecular formula is C24H39N3O5. The van der Waals surface area contributed by atoms with Gasteiger partial charge in [0.2, 0.25) is 11.8 Å². The highest BCUT2D eigenvalue weighted by Crippen LogP contribution is 2.30. The molecule has 0 radical (unpaired) electrons. The van der Waals surface area contributed by atoms with Crippen LogP contribution in [-0.4, -0.2) is 52.1 Å². The maximum absolute atomic E-state index is 13.6. The number of amides is 3. The molecule has 0 bridgehead atoms. The number of para-hydroxylation sites is 1. The molecule has 0 saturated carbocycles. The van der Waals surface area contributed by atoms with Crippen LogP contribution in [0.1, 0.15) is 73.4 Å². The van der Waals surface area contributed by atoms with Crippen molar-refractivity contribution in [3.63, 3.8) is 0 Å². The van der Waals surface area contributed by atoms with Gasteiger partial charge in [0.15, 0.2) is 0 Å². The summed E-state index contributed by atoms with van der Waals surface area (Å²) in [4.78, 5) is 40.6. The van der Waals surface area contributed by atoms with Gasteiger partial charge in [-0.05, 0) is 59.9 Å². The Bertz CT molecular complexity index is 786. The minimum absolute atomic E-state index is 0.0804. The molecule has 1 aromatic rings.